The summed E-state index contributed by atoms with van der Waals surface area (Å²) in [5.74, 6) is 0. The number of nitrogens with one attached hydrogen (secondary N) is 1. The Bertz CT molecular complexity index is 626. The first kappa shape index (κ1) is 14.2. The average Bonchev–Trinajstić information content (AvgIpc) is 2.22. The van der Waals surface area contributed by atoms with Crippen molar-refractivity contribution < 1.29 is 13.3 Å². The molecule has 0 spiro atoms. The van der Waals surface area contributed by atoms with Gasteiger partial charge in [-0.3, -0.25) is 10.1 Å². The quantitative estimate of drug-likeness (QED) is 0.683. The van der Waals surface area contributed by atoms with Crippen LogP contribution >= 0.6 is 11.6 Å². The Labute approximate surface area is 116 Å². The van der Waals surface area contributed by atoms with E-state index in [1.165, 1.54) is 6.07 Å². The Morgan fingerprint density at radius 1 is 1.42 bits per heavy atom. The van der Waals surface area contributed by atoms with Crippen LogP contribution in [0.1, 0.15) is 24.8 Å². The third kappa shape index (κ3) is 2.88. The molecule has 0 radical (unpaired) electrons. The molecular weight excluding hydrogens is 292 g/mol. The van der Waals surface area contributed by atoms with E-state index in [9.17, 15) is 18.5 Å². The molecule has 0 bridgehead atoms. The molecule has 19 heavy (non-hydrogen) atoms. The molecule has 1 aliphatic rings. The number of hydrogen-bond donors (Lipinski definition) is 1. The molecule has 104 valence electrons. The Morgan fingerprint density at radius 3 is 2.53 bits per heavy atom. The fourth-order valence-corrected chi connectivity index (χ4v) is 3.72. The van der Waals surface area contributed by atoms with Crippen molar-refractivity contribution in [2.24, 2.45) is 0 Å². The molecule has 2 rings (SSSR count). The van der Waals surface area contributed by atoms with E-state index in [2.05, 4.69) is 4.72 Å². The van der Waals surface area contributed by atoms with Crippen LogP contribution in [0.4, 0.5) is 5.69 Å². The summed E-state index contributed by atoms with van der Waals surface area (Å²) in [4.78, 5) is 10.0. The number of nitro groups is 1. The van der Waals surface area contributed by atoms with Crippen molar-refractivity contribution in [1.29, 1.82) is 0 Å². The maximum Gasteiger partial charge on any atom is 0.289 e. The van der Waals surface area contributed by atoms with Crippen LogP contribution in [0.15, 0.2) is 17.0 Å². The van der Waals surface area contributed by atoms with Crippen LogP contribution in [0.5, 0.6) is 0 Å². The number of sulfonamides is 1. The van der Waals surface area contributed by atoms with Crippen molar-refractivity contribution in [3.05, 3.63) is 32.8 Å². The Hall–Kier alpha value is -1.18. The number of aryl methyl sites for hydroxylation is 1. The molecule has 0 unspecified atom stereocenters. The summed E-state index contributed by atoms with van der Waals surface area (Å²) < 4.78 is 26.9. The normalized spacial score (nSPS) is 16.1. The maximum absolute atomic E-state index is 12.2. The molecule has 0 atom stereocenters. The molecule has 0 aromatic heterocycles. The molecule has 1 aliphatic carbocycles. The third-order valence-electron chi connectivity index (χ3n) is 3.16. The van der Waals surface area contributed by atoms with Crippen molar-refractivity contribution in [3.63, 3.8) is 0 Å². The van der Waals surface area contributed by atoms with Crippen molar-refractivity contribution >= 4 is 27.3 Å². The van der Waals surface area contributed by atoms with Gasteiger partial charge in [0.2, 0.25) is 10.0 Å². The van der Waals surface area contributed by atoms with Crippen LogP contribution < -0.4 is 4.72 Å². The standard InChI is InChI=1S/C11H13ClN2O4S/c1-7-5-9(12)10(14(15)16)6-11(7)19(17,18)13-8-3-2-4-8/h5-6,8,13H,2-4H2,1H3. The minimum atomic E-state index is -3.74. The zero-order valence-corrected chi connectivity index (χ0v) is 11.8. The maximum atomic E-state index is 12.2. The monoisotopic (exact) mass is 304 g/mol. The second kappa shape index (κ2) is 5.07. The summed E-state index contributed by atoms with van der Waals surface area (Å²) in [5, 5.41) is 10.7. The number of hydrogen-bond acceptors (Lipinski definition) is 4. The van der Waals surface area contributed by atoms with Gasteiger partial charge >= 0.3 is 0 Å². The van der Waals surface area contributed by atoms with Gasteiger partial charge in [0.25, 0.3) is 5.69 Å². The van der Waals surface area contributed by atoms with Gasteiger partial charge in [-0.15, -0.1) is 0 Å². The Balaban J connectivity index is 2.43. The first-order valence-electron chi connectivity index (χ1n) is 5.78. The first-order valence-corrected chi connectivity index (χ1v) is 7.64. The first-order chi connectivity index (χ1) is 8.81. The summed E-state index contributed by atoms with van der Waals surface area (Å²) in [7, 11) is -3.74. The van der Waals surface area contributed by atoms with Crippen LogP contribution in [0, 0.1) is 17.0 Å². The average molecular weight is 305 g/mol. The molecule has 8 heteroatoms. The van der Waals surface area contributed by atoms with Gasteiger partial charge in [-0.1, -0.05) is 18.0 Å². The van der Waals surface area contributed by atoms with E-state index >= 15 is 0 Å². The summed E-state index contributed by atoms with van der Waals surface area (Å²) >= 11 is 5.73. The highest BCUT2D eigenvalue weighted by atomic mass is 35.5. The number of nitro benzene ring substituents is 1. The highest BCUT2D eigenvalue weighted by Crippen LogP contribution is 2.31. The minimum Gasteiger partial charge on any atom is -0.258 e. The number of nitrogens with zero attached hydrogens (tertiary/aromatic N) is 1. The molecule has 0 saturated heterocycles. The lowest BCUT2D eigenvalue weighted by molar-refractivity contribution is -0.384. The second-order valence-corrected chi connectivity index (χ2v) is 6.66. The van der Waals surface area contributed by atoms with Crippen LogP contribution in [-0.2, 0) is 10.0 Å². The minimum absolute atomic E-state index is 0.0647. The topological polar surface area (TPSA) is 89.3 Å². The predicted octanol–water partition coefficient (Wildman–Crippen LogP) is 2.39. The van der Waals surface area contributed by atoms with Gasteiger partial charge < -0.3 is 0 Å². The van der Waals surface area contributed by atoms with E-state index in [-0.39, 0.29) is 16.0 Å². The zero-order valence-electron chi connectivity index (χ0n) is 10.2. The summed E-state index contributed by atoms with van der Waals surface area (Å²) in [6.45, 7) is 1.56. The Morgan fingerprint density at radius 2 is 2.05 bits per heavy atom. The SMILES string of the molecule is Cc1cc(Cl)c([N+](=O)[O-])cc1S(=O)(=O)NC1CCC1. The third-order valence-corrected chi connectivity index (χ3v) is 5.12. The van der Waals surface area contributed by atoms with Crippen LogP contribution in [0.25, 0.3) is 0 Å². The molecule has 0 aliphatic heterocycles. The van der Waals surface area contributed by atoms with Crippen molar-refractivity contribution in [2.45, 2.75) is 37.1 Å². The largest absolute Gasteiger partial charge is 0.289 e. The van der Waals surface area contributed by atoms with E-state index in [1.807, 2.05) is 0 Å². The Kier molecular flexibility index (Phi) is 3.80. The summed E-state index contributed by atoms with van der Waals surface area (Å²) in [5.41, 5.74) is -0.0105. The highest BCUT2D eigenvalue weighted by molar-refractivity contribution is 7.89. The van der Waals surface area contributed by atoms with E-state index in [0.717, 1.165) is 25.3 Å². The van der Waals surface area contributed by atoms with Crippen molar-refractivity contribution in [2.75, 3.05) is 0 Å². The van der Waals surface area contributed by atoms with E-state index < -0.39 is 20.6 Å². The fraction of sp³-hybridized carbons (Fsp3) is 0.455. The molecular formula is C11H13ClN2O4S. The van der Waals surface area contributed by atoms with Crippen LogP contribution in [0.3, 0.4) is 0 Å². The van der Waals surface area contributed by atoms with Gasteiger partial charge in [-0.2, -0.15) is 0 Å². The molecule has 0 heterocycles. The molecule has 1 N–H and O–H groups in total. The zero-order chi connectivity index (χ0) is 14.2. The van der Waals surface area contributed by atoms with E-state index in [1.54, 1.807) is 6.92 Å². The molecule has 1 saturated carbocycles. The van der Waals surface area contributed by atoms with Gasteiger partial charge in [-0.05, 0) is 31.4 Å². The van der Waals surface area contributed by atoms with Gasteiger partial charge in [-0.25, -0.2) is 13.1 Å². The van der Waals surface area contributed by atoms with Gasteiger partial charge in [0.15, 0.2) is 0 Å². The summed E-state index contributed by atoms with van der Waals surface area (Å²) in [6, 6.07) is 2.24. The lowest BCUT2D eigenvalue weighted by Gasteiger charge is -2.26. The van der Waals surface area contributed by atoms with Crippen molar-refractivity contribution in [1.82, 2.24) is 4.72 Å². The van der Waals surface area contributed by atoms with Gasteiger partial charge in [0, 0.05) is 12.1 Å². The molecule has 6 nitrogen and oxygen atoms in total. The number of halogens is 1. The van der Waals surface area contributed by atoms with Gasteiger partial charge in [0.05, 0.1) is 9.82 Å². The van der Waals surface area contributed by atoms with E-state index in [0.29, 0.717) is 5.56 Å². The second-order valence-electron chi connectivity index (χ2n) is 4.58. The lowest BCUT2D eigenvalue weighted by atomic mass is 9.94. The van der Waals surface area contributed by atoms with E-state index in [4.69, 9.17) is 11.6 Å². The predicted molar refractivity (Wildman–Crippen MR) is 70.8 cm³/mol. The summed E-state index contributed by atoms with van der Waals surface area (Å²) in [6.07, 6.45) is 2.59. The number of rotatable bonds is 4. The molecule has 1 aromatic carbocycles. The van der Waals surface area contributed by atoms with Crippen LogP contribution in [-0.4, -0.2) is 19.4 Å². The highest BCUT2D eigenvalue weighted by Gasteiger charge is 2.28. The molecule has 1 aromatic rings. The van der Waals surface area contributed by atoms with Gasteiger partial charge in [0.1, 0.15) is 5.02 Å². The smallest absolute Gasteiger partial charge is 0.258 e. The molecule has 0 amide bonds. The molecule has 1 fully saturated rings. The number of benzene rings is 1. The van der Waals surface area contributed by atoms with Crippen LogP contribution in [0.2, 0.25) is 5.02 Å². The van der Waals surface area contributed by atoms with Crippen molar-refractivity contribution in [3.8, 4) is 0 Å². The lowest BCUT2D eigenvalue weighted by Crippen LogP contribution is -2.39. The fourth-order valence-electron chi connectivity index (χ4n) is 1.88.